The van der Waals surface area contributed by atoms with E-state index in [1.54, 1.807) is 11.3 Å². The van der Waals surface area contributed by atoms with Crippen molar-refractivity contribution in [2.75, 3.05) is 0 Å². The zero-order valence-corrected chi connectivity index (χ0v) is 23.5. The standard InChI is InChI=1S/C33H37N3O2S/c1-2-27-20-28-30(39-27)21-29-31(37)36(22-24-14-8-6-9-15-24)33(23-35(28)29,25-16-10-7-11-17-25)32(38)34-26-18-12-4-3-5-13-19-26/h6-11,14-17,20-21,26H,2-5,12-13,18-19,22-23H2,1H3,(H,34,38)/t33-/m0/s1. The van der Waals surface area contributed by atoms with Gasteiger partial charge in [-0.2, -0.15) is 0 Å². The molecule has 202 valence electrons. The Labute approximate surface area is 234 Å². The van der Waals surface area contributed by atoms with Crippen molar-refractivity contribution in [2.45, 2.75) is 83.0 Å². The van der Waals surface area contributed by atoms with Crippen LogP contribution in [-0.4, -0.2) is 27.3 Å². The average molecular weight is 540 g/mol. The molecule has 0 bridgehead atoms. The van der Waals surface area contributed by atoms with Gasteiger partial charge in [0.15, 0.2) is 5.54 Å². The molecule has 5 nitrogen and oxygen atoms in total. The van der Waals surface area contributed by atoms with E-state index in [1.807, 2.05) is 71.6 Å². The summed E-state index contributed by atoms with van der Waals surface area (Å²) in [7, 11) is 0. The average Bonchev–Trinajstić information content (AvgIpc) is 3.51. The molecule has 4 aromatic rings. The van der Waals surface area contributed by atoms with Gasteiger partial charge in [0.1, 0.15) is 5.69 Å². The number of fused-ring (bicyclic) bond motifs is 3. The van der Waals surface area contributed by atoms with E-state index < -0.39 is 5.54 Å². The highest BCUT2D eigenvalue weighted by molar-refractivity contribution is 7.19. The summed E-state index contributed by atoms with van der Waals surface area (Å²) in [5, 5.41) is 3.48. The summed E-state index contributed by atoms with van der Waals surface area (Å²) in [5.74, 6) is -0.162. The van der Waals surface area contributed by atoms with Gasteiger partial charge in [0.05, 0.1) is 16.8 Å². The lowest BCUT2D eigenvalue weighted by Crippen LogP contribution is -2.64. The molecule has 0 radical (unpaired) electrons. The van der Waals surface area contributed by atoms with Crippen LogP contribution < -0.4 is 5.32 Å². The second kappa shape index (κ2) is 11.0. The van der Waals surface area contributed by atoms with E-state index in [0.717, 1.165) is 53.4 Å². The summed E-state index contributed by atoms with van der Waals surface area (Å²) >= 11 is 1.74. The van der Waals surface area contributed by atoms with Crippen molar-refractivity contribution in [2.24, 2.45) is 0 Å². The van der Waals surface area contributed by atoms with Gasteiger partial charge in [-0.3, -0.25) is 9.59 Å². The normalized spacial score (nSPS) is 20.4. The van der Waals surface area contributed by atoms with Crippen molar-refractivity contribution in [1.29, 1.82) is 0 Å². The second-order valence-corrected chi connectivity index (χ2v) is 12.2. The SMILES string of the molecule is CCc1cc2c(cc3n2C[C@@](C(=O)NC2CCCCCCC2)(c2ccccc2)N(Cc2ccccc2)C3=O)s1. The van der Waals surface area contributed by atoms with Crippen molar-refractivity contribution in [3.63, 3.8) is 0 Å². The predicted octanol–water partition coefficient (Wildman–Crippen LogP) is 7.05. The molecule has 1 aliphatic carbocycles. The fourth-order valence-corrected chi connectivity index (χ4v) is 7.45. The molecule has 0 spiro atoms. The molecule has 1 aliphatic heterocycles. The fraction of sp³-hybridized carbons (Fsp3) is 0.394. The highest BCUT2D eigenvalue weighted by Gasteiger charge is 2.53. The summed E-state index contributed by atoms with van der Waals surface area (Å²) < 4.78 is 3.22. The van der Waals surface area contributed by atoms with Gasteiger partial charge in [-0.1, -0.05) is 99.7 Å². The van der Waals surface area contributed by atoms with Gasteiger partial charge in [-0.15, -0.1) is 11.3 Å². The van der Waals surface area contributed by atoms with Crippen molar-refractivity contribution in [3.8, 4) is 0 Å². The number of amides is 2. The lowest BCUT2D eigenvalue weighted by Gasteiger charge is -2.47. The van der Waals surface area contributed by atoms with Gasteiger partial charge < -0.3 is 14.8 Å². The maximum absolute atomic E-state index is 14.7. The number of aromatic nitrogens is 1. The first-order valence-electron chi connectivity index (χ1n) is 14.4. The quantitative estimate of drug-likeness (QED) is 0.286. The minimum absolute atomic E-state index is 0.0676. The number of nitrogens with one attached hydrogen (secondary N) is 1. The Morgan fingerprint density at radius 1 is 0.949 bits per heavy atom. The Hall–Kier alpha value is -3.38. The summed E-state index contributed by atoms with van der Waals surface area (Å²) in [6.07, 6.45) is 8.92. The third-order valence-corrected chi connectivity index (χ3v) is 9.77. The minimum Gasteiger partial charge on any atom is -0.351 e. The second-order valence-electron chi connectivity index (χ2n) is 11.1. The number of benzene rings is 2. The zero-order valence-electron chi connectivity index (χ0n) is 22.7. The van der Waals surface area contributed by atoms with Crippen molar-refractivity contribution < 1.29 is 9.59 Å². The Balaban J connectivity index is 1.50. The molecule has 1 atom stereocenters. The molecule has 0 unspecified atom stereocenters. The van der Waals surface area contributed by atoms with Crippen LogP contribution >= 0.6 is 11.3 Å². The molecule has 6 rings (SSSR count). The predicted molar refractivity (Wildman–Crippen MR) is 158 cm³/mol. The third kappa shape index (κ3) is 4.80. The smallest absolute Gasteiger partial charge is 0.272 e. The van der Waals surface area contributed by atoms with Crippen LogP contribution in [0, 0.1) is 0 Å². The molecule has 1 fully saturated rings. The van der Waals surface area contributed by atoms with Crippen LogP contribution in [0.2, 0.25) is 0 Å². The molecule has 2 amide bonds. The maximum atomic E-state index is 14.7. The Morgan fingerprint density at radius 2 is 1.62 bits per heavy atom. The molecule has 2 aromatic carbocycles. The Bertz CT molecular complexity index is 1450. The largest absolute Gasteiger partial charge is 0.351 e. The number of thiophene rings is 1. The Kier molecular flexibility index (Phi) is 7.30. The summed E-state index contributed by atoms with van der Waals surface area (Å²) in [5.41, 5.74) is 2.43. The highest BCUT2D eigenvalue weighted by Crippen LogP contribution is 2.42. The molecule has 1 N–H and O–H groups in total. The number of hydrogen-bond donors (Lipinski definition) is 1. The van der Waals surface area contributed by atoms with Crippen molar-refractivity contribution in [3.05, 3.63) is 94.5 Å². The molecule has 2 aliphatic rings. The topological polar surface area (TPSA) is 54.3 Å². The zero-order chi connectivity index (χ0) is 26.8. The van der Waals surface area contributed by atoms with Crippen LogP contribution in [0.5, 0.6) is 0 Å². The number of hydrogen-bond acceptors (Lipinski definition) is 3. The van der Waals surface area contributed by atoms with Crippen LogP contribution in [-0.2, 0) is 29.8 Å². The van der Waals surface area contributed by atoms with Crippen LogP contribution in [0.15, 0.2) is 72.8 Å². The molecule has 2 aromatic heterocycles. The Morgan fingerprint density at radius 3 is 2.31 bits per heavy atom. The molecule has 39 heavy (non-hydrogen) atoms. The van der Waals surface area contributed by atoms with Crippen molar-refractivity contribution in [1.82, 2.24) is 14.8 Å². The third-order valence-electron chi connectivity index (χ3n) is 8.55. The fourth-order valence-electron chi connectivity index (χ4n) is 6.40. The summed E-state index contributed by atoms with van der Waals surface area (Å²) in [4.78, 5) is 32.3. The van der Waals surface area contributed by atoms with E-state index in [4.69, 9.17) is 0 Å². The van der Waals surface area contributed by atoms with Crippen LogP contribution in [0.3, 0.4) is 0 Å². The van der Waals surface area contributed by atoms with Gasteiger partial charge >= 0.3 is 0 Å². The molecule has 3 heterocycles. The first-order valence-corrected chi connectivity index (χ1v) is 15.3. The van der Waals surface area contributed by atoms with Gasteiger partial charge in [-0.25, -0.2) is 0 Å². The number of carbonyl (C=O) groups excluding carboxylic acids is 2. The molecule has 6 heteroatoms. The number of aryl methyl sites for hydroxylation is 1. The first-order chi connectivity index (χ1) is 19.1. The van der Waals surface area contributed by atoms with E-state index in [1.165, 1.54) is 24.1 Å². The maximum Gasteiger partial charge on any atom is 0.272 e. The number of carbonyl (C=O) groups is 2. The summed E-state index contributed by atoms with van der Waals surface area (Å²) in [6, 6.07) is 24.4. The monoisotopic (exact) mass is 539 g/mol. The lowest BCUT2D eigenvalue weighted by atomic mass is 9.83. The minimum atomic E-state index is -1.16. The van der Waals surface area contributed by atoms with E-state index in [9.17, 15) is 9.59 Å². The van der Waals surface area contributed by atoms with Gasteiger partial charge in [-0.05, 0) is 42.5 Å². The molecule has 1 saturated carbocycles. The van der Waals surface area contributed by atoms with Gasteiger partial charge in [0.25, 0.3) is 11.8 Å². The molecule has 0 saturated heterocycles. The van der Waals surface area contributed by atoms with Crippen LogP contribution in [0.25, 0.3) is 10.2 Å². The molecular formula is C33H37N3O2S. The summed E-state index contributed by atoms with van der Waals surface area (Å²) in [6.45, 7) is 2.92. The first kappa shape index (κ1) is 25.9. The van der Waals surface area contributed by atoms with Crippen LogP contribution in [0.1, 0.15) is 78.4 Å². The van der Waals surface area contributed by atoms with E-state index in [0.29, 0.717) is 18.8 Å². The van der Waals surface area contributed by atoms with E-state index in [-0.39, 0.29) is 17.9 Å². The highest BCUT2D eigenvalue weighted by atomic mass is 32.1. The van der Waals surface area contributed by atoms with Gasteiger partial charge in [0.2, 0.25) is 0 Å². The lowest BCUT2D eigenvalue weighted by molar-refractivity contribution is -0.136. The van der Waals surface area contributed by atoms with Crippen LogP contribution in [0.4, 0.5) is 0 Å². The van der Waals surface area contributed by atoms with Crippen molar-refractivity contribution >= 4 is 33.4 Å². The van der Waals surface area contributed by atoms with Gasteiger partial charge in [0, 0.05) is 17.5 Å². The van der Waals surface area contributed by atoms with E-state index in [2.05, 4.69) is 22.9 Å². The number of rotatable bonds is 6. The number of nitrogens with zero attached hydrogens (tertiary/aromatic N) is 2. The molecular weight excluding hydrogens is 502 g/mol. The van der Waals surface area contributed by atoms with E-state index >= 15 is 0 Å².